The van der Waals surface area contributed by atoms with Crippen LogP contribution in [0.2, 0.25) is 0 Å². The fourth-order valence-corrected chi connectivity index (χ4v) is 14.4. The van der Waals surface area contributed by atoms with Gasteiger partial charge < -0.3 is 9.13 Å². The summed E-state index contributed by atoms with van der Waals surface area (Å²) in [6.07, 6.45) is 0. The maximum absolute atomic E-state index is 7.73. The third-order valence-electron chi connectivity index (χ3n) is 15.4. The highest BCUT2D eigenvalue weighted by Gasteiger charge is 2.25. The van der Waals surface area contributed by atoms with E-state index in [1.165, 1.54) is 61.9 Å². The van der Waals surface area contributed by atoms with E-state index < -0.39 is 0 Å². The van der Waals surface area contributed by atoms with Crippen molar-refractivity contribution in [1.82, 2.24) is 24.1 Å². The van der Waals surface area contributed by atoms with Crippen molar-refractivity contribution in [3.05, 3.63) is 254 Å². The topological polar surface area (TPSA) is 52.9 Å². The molecule has 0 aliphatic carbocycles. The predicted octanol–water partition coefficient (Wildman–Crippen LogP) is 19.7. The Morgan fingerprint density at radius 1 is 0.321 bits per heavy atom. The van der Waals surface area contributed by atoms with Crippen LogP contribution in [0.3, 0.4) is 0 Å². The van der Waals surface area contributed by atoms with Gasteiger partial charge in [-0.1, -0.05) is 182 Å². The molecule has 0 saturated heterocycles. The van der Waals surface area contributed by atoms with Gasteiger partial charge in [0, 0.05) is 84.1 Å². The van der Waals surface area contributed by atoms with E-state index in [1.807, 2.05) is 71.2 Å². The Balaban J connectivity index is 1.01. The van der Waals surface area contributed by atoms with E-state index in [0.717, 1.165) is 72.4 Å². The maximum atomic E-state index is 7.73. The van der Waals surface area contributed by atoms with E-state index >= 15 is 0 Å². The average Bonchev–Trinajstić information content (AvgIpc) is 4.45. The zero-order valence-electron chi connectivity index (χ0n) is 41.6. The minimum Gasteiger partial charge on any atom is -0.309 e. The van der Waals surface area contributed by atoms with Gasteiger partial charge in [0.25, 0.3) is 0 Å². The lowest BCUT2D eigenvalue weighted by Gasteiger charge is -2.19. The van der Waals surface area contributed by atoms with Gasteiger partial charge in [-0.15, -0.1) is 22.7 Å². The first-order valence-electron chi connectivity index (χ1n) is 25.9. The molecule has 0 saturated carbocycles. The number of aromatic nitrogens is 5. The van der Waals surface area contributed by atoms with E-state index in [0.29, 0.717) is 23.2 Å². The maximum Gasteiger partial charge on any atom is 0.187 e. The standard InChI is InChI=1S/C70H40N6S2/c1-71-47-32-28-42(29-33-47)45-30-36-58(75-56-24-12-8-22-52(56)64-60(75)38-34-50-48-20-10-14-26-62(48)77-66(50)64)54(40-45)46-31-37-59(55(41-46)70-73-68(43-16-4-2-5-17-43)72-69(74-70)44-18-6-3-7-19-44)76-57-25-13-9-23-53(57)65-61(76)39-35-51-49-21-11-15-27-63(49)78-67(51)65/h2-41H. The quantitative estimate of drug-likeness (QED) is 0.150. The second kappa shape index (κ2) is 17.5. The lowest BCUT2D eigenvalue weighted by molar-refractivity contribution is 1.06. The Labute approximate surface area is 455 Å². The van der Waals surface area contributed by atoms with Gasteiger partial charge in [-0.05, 0) is 77.4 Å². The third-order valence-corrected chi connectivity index (χ3v) is 17.8. The van der Waals surface area contributed by atoms with Crippen LogP contribution in [0, 0.1) is 6.57 Å². The van der Waals surface area contributed by atoms with Crippen molar-refractivity contribution < 1.29 is 0 Å². The zero-order valence-corrected chi connectivity index (χ0v) is 43.2. The first kappa shape index (κ1) is 44.3. The van der Waals surface area contributed by atoms with Crippen LogP contribution in [0.15, 0.2) is 243 Å². The minimum absolute atomic E-state index is 0.560. The van der Waals surface area contributed by atoms with Gasteiger partial charge in [0.15, 0.2) is 23.2 Å². The van der Waals surface area contributed by atoms with E-state index in [4.69, 9.17) is 21.5 Å². The molecule has 0 radical (unpaired) electrons. The van der Waals surface area contributed by atoms with Crippen molar-refractivity contribution in [2.45, 2.75) is 0 Å². The molecule has 0 amide bonds. The molecule has 362 valence electrons. The smallest absolute Gasteiger partial charge is 0.187 e. The summed E-state index contributed by atoms with van der Waals surface area (Å²) in [4.78, 5) is 19.8. The van der Waals surface area contributed by atoms with Crippen LogP contribution < -0.4 is 0 Å². The van der Waals surface area contributed by atoms with E-state index in [-0.39, 0.29) is 0 Å². The molecule has 0 N–H and O–H groups in total. The molecule has 78 heavy (non-hydrogen) atoms. The summed E-state index contributed by atoms with van der Waals surface area (Å²) in [5.41, 5.74) is 13.8. The molecule has 16 rings (SSSR count). The molecule has 0 fully saturated rings. The van der Waals surface area contributed by atoms with Gasteiger partial charge in [-0.2, -0.15) is 0 Å². The summed E-state index contributed by atoms with van der Waals surface area (Å²) < 4.78 is 9.97. The van der Waals surface area contributed by atoms with Gasteiger partial charge in [0.2, 0.25) is 0 Å². The largest absolute Gasteiger partial charge is 0.309 e. The van der Waals surface area contributed by atoms with Crippen molar-refractivity contribution in [2.24, 2.45) is 0 Å². The van der Waals surface area contributed by atoms with Crippen LogP contribution in [-0.2, 0) is 0 Å². The van der Waals surface area contributed by atoms with E-state index in [1.54, 1.807) is 0 Å². The number of benzene rings is 11. The summed E-state index contributed by atoms with van der Waals surface area (Å²) in [6.45, 7) is 7.73. The van der Waals surface area contributed by atoms with Crippen LogP contribution in [0.25, 0.3) is 157 Å². The third kappa shape index (κ3) is 6.82. The highest BCUT2D eigenvalue weighted by molar-refractivity contribution is 7.27. The summed E-state index contributed by atoms with van der Waals surface area (Å²) in [5.74, 6) is 1.74. The first-order chi connectivity index (χ1) is 38.6. The molecular weight excluding hydrogens is 989 g/mol. The van der Waals surface area contributed by atoms with Gasteiger partial charge in [0.1, 0.15) is 0 Å². The normalized spacial score (nSPS) is 11.8. The van der Waals surface area contributed by atoms with Crippen LogP contribution >= 0.6 is 22.7 Å². The Kier molecular flexibility index (Phi) is 9.94. The molecule has 0 aliphatic heterocycles. The molecule has 0 atom stereocenters. The summed E-state index contributed by atoms with van der Waals surface area (Å²) in [7, 11) is 0. The van der Waals surface area contributed by atoms with Gasteiger partial charge in [-0.25, -0.2) is 19.8 Å². The van der Waals surface area contributed by atoms with Crippen molar-refractivity contribution in [3.8, 4) is 67.8 Å². The lowest BCUT2D eigenvalue weighted by Crippen LogP contribution is -2.04. The lowest BCUT2D eigenvalue weighted by atomic mass is 9.95. The predicted molar refractivity (Wildman–Crippen MR) is 328 cm³/mol. The Bertz CT molecular complexity index is 5100. The molecule has 8 heteroatoms. The molecule has 16 aromatic rings. The number of nitrogens with zero attached hydrogens (tertiary/aromatic N) is 6. The first-order valence-corrected chi connectivity index (χ1v) is 27.6. The van der Waals surface area contributed by atoms with Crippen molar-refractivity contribution >= 4 is 112 Å². The number of rotatable bonds is 7. The fourth-order valence-electron chi connectivity index (χ4n) is 11.9. The van der Waals surface area contributed by atoms with Gasteiger partial charge in [-0.3, -0.25) is 0 Å². The molecule has 0 spiro atoms. The Hall–Kier alpha value is -10.0. The highest BCUT2D eigenvalue weighted by atomic mass is 32.1. The molecule has 5 heterocycles. The Morgan fingerprint density at radius 2 is 0.756 bits per heavy atom. The van der Waals surface area contributed by atoms with Crippen LogP contribution in [-0.4, -0.2) is 24.1 Å². The summed E-state index contributed by atoms with van der Waals surface area (Å²) in [6, 6.07) is 86.3. The Morgan fingerprint density at radius 3 is 1.29 bits per heavy atom. The van der Waals surface area contributed by atoms with Crippen LogP contribution in [0.4, 0.5) is 5.69 Å². The summed E-state index contributed by atoms with van der Waals surface area (Å²) >= 11 is 3.72. The van der Waals surface area contributed by atoms with E-state index in [9.17, 15) is 0 Å². The zero-order chi connectivity index (χ0) is 51.4. The average molecular weight is 1030 g/mol. The molecule has 0 unspecified atom stereocenters. The molecule has 5 aromatic heterocycles. The van der Waals surface area contributed by atoms with Crippen LogP contribution in [0.1, 0.15) is 0 Å². The summed E-state index contributed by atoms with van der Waals surface area (Å²) in [5, 5.41) is 9.93. The molecule has 0 aliphatic rings. The number of hydrogen-bond acceptors (Lipinski definition) is 5. The van der Waals surface area contributed by atoms with Gasteiger partial charge in [0.05, 0.1) is 40.0 Å². The minimum atomic E-state index is 0.560. The van der Waals surface area contributed by atoms with Gasteiger partial charge >= 0.3 is 0 Å². The van der Waals surface area contributed by atoms with E-state index in [2.05, 4.69) is 208 Å². The monoisotopic (exact) mass is 1030 g/mol. The van der Waals surface area contributed by atoms with Crippen molar-refractivity contribution in [2.75, 3.05) is 0 Å². The van der Waals surface area contributed by atoms with Crippen molar-refractivity contribution in [1.29, 1.82) is 0 Å². The number of fused-ring (bicyclic) bond motifs is 14. The second-order valence-corrected chi connectivity index (χ2v) is 21.8. The van der Waals surface area contributed by atoms with Crippen molar-refractivity contribution in [3.63, 3.8) is 0 Å². The molecule has 11 aromatic carbocycles. The highest BCUT2D eigenvalue weighted by Crippen LogP contribution is 2.48. The second-order valence-electron chi connectivity index (χ2n) is 19.7. The number of thiophene rings is 2. The van der Waals surface area contributed by atoms with Crippen LogP contribution in [0.5, 0.6) is 0 Å². The number of hydrogen-bond donors (Lipinski definition) is 0. The fraction of sp³-hybridized carbons (Fsp3) is 0. The molecule has 6 nitrogen and oxygen atoms in total. The molecular formula is C70H40N6S2. The number of para-hydroxylation sites is 2. The molecule has 0 bridgehead atoms. The SMILES string of the molecule is [C-]#[N+]c1ccc(-c2ccc(-n3c4ccccc4c4c5sc6ccccc6c5ccc43)c(-c3ccc(-n4c5ccccc5c5c6sc7ccccc7c6ccc54)c(-c4nc(-c5ccccc5)nc(-c5ccccc5)n4)c3)c2)cc1.